The van der Waals surface area contributed by atoms with Crippen molar-refractivity contribution in [3.8, 4) is 11.3 Å². The summed E-state index contributed by atoms with van der Waals surface area (Å²) in [5.41, 5.74) is 3.12. The standard InChI is InChI=1S/C12H12O2/c1-9-7-10(8-13)4-5-11(9)12-3-2-6-14-12/h2-7,13H,8H2,1H3. The summed E-state index contributed by atoms with van der Waals surface area (Å²) >= 11 is 0. The monoisotopic (exact) mass is 188 g/mol. The second kappa shape index (κ2) is 3.68. The molecule has 2 nitrogen and oxygen atoms in total. The van der Waals surface area contributed by atoms with Gasteiger partial charge in [0.15, 0.2) is 0 Å². The largest absolute Gasteiger partial charge is 0.464 e. The van der Waals surface area contributed by atoms with Gasteiger partial charge in [0.1, 0.15) is 5.76 Å². The highest BCUT2D eigenvalue weighted by Gasteiger charge is 2.04. The molecule has 1 aromatic heterocycles. The zero-order valence-electron chi connectivity index (χ0n) is 8.03. The molecule has 0 amide bonds. The van der Waals surface area contributed by atoms with Gasteiger partial charge in [0, 0.05) is 5.56 Å². The molecule has 0 bridgehead atoms. The molecular formula is C12H12O2. The predicted octanol–water partition coefficient (Wildman–Crippen LogP) is 2.75. The van der Waals surface area contributed by atoms with E-state index in [2.05, 4.69) is 0 Å². The molecule has 0 aliphatic carbocycles. The van der Waals surface area contributed by atoms with E-state index in [4.69, 9.17) is 9.52 Å². The van der Waals surface area contributed by atoms with Crippen molar-refractivity contribution in [1.82, 2.24) is 0 Å². The zero-order chi connectivity index (χ0) is 9.97. The molecule has 0 fully saturated rings. The number of hydrogen-bond donors (Lipinski definition) is 1. The minimum Gasteiger partial charge on any atom is -0.464 e. The summed E-state index contributed by atoms with van der Waals surface area (Å²) < 4.78 is 5.31. The molecule has 1 heterocycles. The molecule has 1 aromatic carbocycles. The van der Waals surface area contributed by atoms with E-state index in [1.54, 1.807) is 6.26 Å². The van der Waals surface area contributed by atoms with Crippen LogP contribution in [0.25, 0.3) is 11.3 Å². The lowest BCUT2D eigenvalue weighted by molar-refractivity contribution is 0.282. The molecular weight excluding hydrogens is 176 g/mol. The fourth-order valence-corrected chi connectivity index (χ4v) is 1.53. The quantitative estimate of drug-likeness (QED) is 0.786. The third kappa shape index (κ3) is 1.56. The van der Waals surface area contributed by atoms with Gasteiger partial charge in [0.2, 0.25) is 0 Å². The molecule has 2 heteroatoms. The second-order valence-corrected chi connectivity index (χ2v) is 3.28. The Hall–Kier alpha value is -1.54. The van der Waals surface area contributed by atoms with E-state index in [1.165, 1.54) is 0 Å². The van der Waals surface area contributed by atoms with Crippen molar-refractivity contribution >= 4 is 0 Å². The highest BCUT2D eigenvalue weighted by Crippen LogP contribution is 2.24. The Kier molecular flexibility index (Phi) is 2.37. The molecule has 0 aliphatic heterocycles. The van der Waals surface area contributed by atoms with Crippen LogP contribution in [0, 0.1) is 6.92 Å². The average Bonchev–Trinajstić information content (AvgIpc) is 2.70. The Balaban J connectivity index is 2.46. The van der Waals surface area contributed by atoms with Crippen molar-refractivity contribution in [2.45, 2.75) is 13.5 Å². The van der Waals surface area contributed by atoms with Crippen LogP contribution in [0.1, 0.15) is 11.1 Å². The maximum atomic E-state index is 8.96. The molecule has 2 rings (SSSR count). The van der Waals surface area contributed by atoms with Gasteiger partial charge in [-0.25, -0.2) is 0 Å². The number of hydrogen-bond acceptors (Lipinski definition) is 2. The van der Waals surface area contributed by atoms with Crippen LogP contribution in [0.2, 0.25) is 0 Å². The van der Waals surface area contributed by atoms with Gasteiger partial charge >= 0.3 is 0 Å². The van der Waals surface area contributed by atoms with Crippen LogP contribution in [-0.2, 0) is 6.61 Å². The first-order valence-electron chi connectivity index (χ1n) is 4.55. The first-order chi connectivity index (χ1) is 6.81. The second-order valence-electron chi connectivity index (χ2n) is 3.28. The molecule has 0 spiro atoms. The third-order valence-corrected chi connectivity index (χ3v) is 2.26. The average molecular weight is 188 g/mol. The minimum atomic E-state index is 0.0826. The predicted molar refractivity (Wildman–Crippen MR) is 54.8 cm³/mol. The van der Waals surface area contributed by atoms with Crippen LogP contribution in [0.5, 0.6) is 0 Å². The van der Waals surface area contributed by atoms with Crippen molar-refractivity contribution in [3.63, 3.8) is 0 Å². The number of rotatable bonds is 2. The van der Waals surface area contributed by atoms with E-state index in [-0.39, 0.29) is 6.61 Å². The van der Waals surface area contributed by atoms with Gasteiger partial charge in [0.25, 0.3) is 0 Å². The molecule has 0 saturated heterocycles. The van der Waals surface area contributed by atoms with Gasteiger partial charge in [0.05, 0.1) is 12.9 Å². The van der Waals surface area contributed by atoms with Crippen molar-refractivity contribution < 1.29 is 9.52 Å². The molecule has 0 atom stereocenters. The number of aliphatic hydroxyl groups excluding tert-OH is 1. The fraction of sp³-hybridized carbons (Fsp3) is 0.167. The van der Waals surface area contributed by atoms with E-state index < -0.39 is 0 Å². The zero-order valence-corrected chi connectivity index (χ0v) is 8.03. The van der Waals surface area contributed by atoms with Crippen molar-refractivity contribution in [2.75, 3.05) is 0 Å². The summed E-state index contributed by atoms with van der Waals surface area (Å²) in [6, 6.07) is 9.65. The lowest BCUT2D eigenvalue weighted by Gasteiger charge is -2.04. The number of benzene rings is 1. The third-order valence-electron chi connectivity index (χ3n) is 2.26. The van der Waals surface area contributed by atoms with Crippen LogP contribution >= 0.6 is 0 Å². The van der Waals surface area contributed by atoms with Gasteiger partial charge in [-0.3, -0.25) is 0 Å². The van der Waals surface area contributed by atoms with Crippen LogP contribution in [0.3, 0.4) is 0 Å². The van der Waals surface area contributed by atoms with E-state index >= 15 is 0 Å². The summed E-state index contributed by atoms with van der Waals surface area (Å²) in [4.78, 5) is 0. The highest BCUT2D eigenvalue weighted by atomic mass is 16.3. The maximum Gasteiger partial charge on any atom is 0.134 e. The Morgan fingerprint density at radius 1 is 1.29 bits per heavy atom. The number of furan rings is 1. The molecule has 1 N–H and O–H groups in total. The van der Waals surface area contributed by atoms with Crippen LogP contribution in [0.4, 0.5) is 0 Å². The fourth-order valence-electron chi connectivity index (χ4n) is 1.53. The van der Waals surface area contributed by atoms with Crippen LogP contribution in [-0.4, -0.2) is 5.11 Å². The van der Waals surface area contributed by atoms with Gasteiger partial charge in [-0.05, 0) is 30.2 Å². The molecule has 72 valence electrons. The normalized spacial score (nSPS) is 10.4. The van der Waals surface area contributed by atoms with Crippen molar-refractivity contribution in [1.29, 1.82) is 0 Å². The number of aryl methyl sites for hydroxylation is 1. The first-order valence-corrected chi connectivity index (χ1v) is 4.55. The van der Waals surface area contributed by atoms with Gasteiger partial charge < -0.3 is 9.52 Å². The first kappa shape index (κ1) is 9.03. The molecule has 0 radical (unpaired) electrons. The van der Waals surface area contributed by atoms with Crippen LogP contribution < -0.4 is 0 Å². The summed E-state index contributed by atoms with van der Waals surface area (Å²) in [5.74, 6) is 0.868. The SMILES string of the molecule is Cc1cc(CO)ccc1-c1ccco1. The number of aliphatic hydroxyl groups is 1. The van der Waals surface area contributed by atoms with E-state index in [9.17, 15) is 0 Å². The smallest absolute Gasteiger partial charge is 0.134 e. The summed E-state index contributed by atoms with van der Waals surface area (Å²) in [6.07, 6.45) is 1.66. The lowest BCUT2D eigenvalue weighted by Crippen LogP contribution is -1.86. The molecule has 14 heavy (non-hydrogen) atoms. The topological polar surface area (TPSA) is 33.4 Å². The molecule has 0 unspecified atom stereocenters. The van der Waals surface area contributed by atoms with E-state index in [0.717, 1.165) is 22.5 Å². The lowest BCUT2D eigenvalue weighted by atomic mass is 10.0. The Labute approximate surface area is 82.8 Å². The van der Waals surface area contributed by atoms with Crippen molar-refractivity contribution in [2.24, 2.45) is 0 Å². The summed E-state index contributed by atoms with van der Waals surface area (Å²) in [6.45, 7) is 2.09. The molecule has 2 aromatic rings. The Bertz CT molecular complexity index is 416. The highest BCUT2D eigenvalue weighted by molar-refractivity contribution is 5.62. The Morgan fingerprint density at radius 2 is 2.14 bits per heavy atom. The van der Waals surface area contributed by atoms with E-state index in [1.807, 2.05) is 37.3 Å². The van der Waals surface area contributed by atoms with Crippen LogP contribution in [0.15, 0.2) is 41.0 Å². The minimum absolute atomic E-state index is 0.0826. The van der Waals surface area contributed by atoms with Gasteiger partial charge in [-0.15, -0.1) is 0 Å². The summed E-state index contributed by atoms with van der Waals surface area (Å²) in [5, 5.41) is 8.96. The van der Waals surface area contributed by atoms with Gasteiger partial charge in [-0.2, -0.15) is 0 Å². The summed E-state index contributed by atoms with van der Waals surface area (Å²) in [7, 11) is 0. The Morgan fingerprint density at radius 3 is 2.71 bits per heavy atom. The van der Waals surface area contributed by atoms with Crippen molar-refractivity contribution in [3.05, 3.63) is 47.7 Å². The van der Waals surface area contributed by atoms with E-state index in [0.29, 0.717) is 0 Å². The molecule has 0 aliphatic rings. The maximum absolute atomic E-state index is 8.96. The van der Waals surface area contributed by atoms with Gasteiger partial charge in [-0.1, -0.05) is 18.2 Å². The molecule has 0 saturated carbocycles.